The van der Waals surface area contributed by atoms with Crippen LogP contribution in [0.15, 0.2) is 54.6 Å². The topological polar surface area (TPSA) is 47.6 Å². The van der Waals surface area contributed by atoms with E-state index in [9.17, 15) is 4.79 Å². The third kappa shape index (κ3) is 4.31. The Morgan fingerprint density at radius 1 is 0.962 bits per heavy atom. The zero-order valence-corrected chi connectivity index (χ0v) is 16.4. The molecule has 0 atom stereocenters. The highest BCUT2D eigenvalue weighted by Crippen LogP contribution is 2.36. The molecule has 136 valence electrons. The lowest BCUT2D eigenvalue weighted by Gasteiger charge is -2.32. The smallest absolute Gasteiger partial charge is 0.399 e. The van der Waals surface area contributed by atoms with Crippen molar-refractivity contribution in [3.63, 3.8) is 0 Å². The number of rotatable bonds is 4. The van der Waals surface area contributed by atoms with Crippen molar-refractivity contribution in [3.05, 3.63) is 60.2 Å². The highest BCUT2D eigenvalue weighted by Gasteiger charge is 2.51. The van der Waals surface area contributed by atoms with Gasteiger partial charge in [0.25, 0.3) is 5.24 Å². The second-order valence-electron chi connectivity index (χ2n) is 7.40. The summed E-state index contributed by atoms with van der Waals surface area (Å²) in [5.74, 6) is 0.613. The first kappa shape index (κ1) is 19.0. The molecule has 1 aliphatic heterocycles. The maximum absolute atomic E-state index is 12.0. The Kier molecular flexibility index (Phi) is 5.46. The van der Waals surface area contributed by atoms with Gasteiger partial charge in [0.2, 0.25) is 0 Å². The summed E-state index contributed by atoms with van der Waals surface area (Å²) in [6, 6.07) is 17.5. The Morgan fingerprint density at radius 2 is 1.54 bits per heavy atom. The van der Waals surface area contributed by atoms with Crippen LogP contribution in [0.1, 0.15) is 33.3 Å². The van der Waals surface area contributed by atoms with E-state index >= 15 is 0 Å². The Labute approximate surface area is 159 Å². The largest absolute Gasteiger partial charge is 0.494 e. The second-order valence-corrected chi connectivity index (χ2v) is 8.35. The van der Waals surface area contributed by atoms with Crippen LogP contribution in [0.3, 0.4) is 0 Å². The number of anilines is 1. The van der Waals surface area contributed by atoms with Gasteiger partial charge in [-0.1, -0.05) is 54.2 Å². The maximum atomic E-state index is 12.0. The van der Waals surface area contributed by atoms with Crippen molar-refractivity contribution < 1.29 is 14.1 Å². The summed E-state index contributed by atoms with van der Waals surface area (Å²) in [6.07, 6.45) is 0. The van der Waals surface area contributed by atoms with Gasteiger partial charge in [-0.05, 0) is 50.9 Å². The molecule has 2 aromatic rings. The highest BCUT2D eigenvalue weighted by atomic mass is 32.2. The van der Waals surface area contributed by atoms with Gasteiger partial charge < -0.3 is 14.6 Å². The quantitative estimate of drug-likeness (QED) is 0.809. The van der Waals surface area contributed by atoms with Crippen LogP contribution in [0.25, 0.3) is 0 Å². The van der Waals surface area contributed by atoms with Crippen molar-refractivity contribution in [1.29, 1.82) is 0 Å². The normalized spacial score (nSPS) is 17.9. The van der Waals surface area contributed by atoms with Gasteiger partial charge in [-0.15, -0.1) is 0 Å². The Bertz CT molecular complexity index is 746. The molecule has 1 fully saturated rings. The predicted octanol–water partition coefficient (Wildman–Crippen LogP) is 4.45. The summed E-state index contributed by atoms with van der Waals surface area (Å²) in [5.41, 5.74) is 2.19. The number of carbonyl (C=O) groups is 1. The molecule has 1 amide bonds. The molecule has 6 heteroatoms. The molecule has 0 aromatic heterocycles. The third-order valence-electron chi connectivity index (χ3n) is 4.90. The monoisotopic (exact) mass is 369 g/mol. The second kappa shape index (κ2) is 7.47. The van der Waals surface area contributed by atoms with Gasteiger partial charge in [-0.2, -0.15) is 0 Å². The van der Waals surface area contributed by atoms with E-state index in [0.717, 1.165) is 16.7 Å². The van der Waals surface area contributed by atoms with Crippen LogP contribution in [0.4, 0.5) is 10.5 Å². The molecule has 26 heavy (non-hydrogen) atoms. The van der Waals surface area contributed by atoms with E-state index in [4.69, 9.17) is 9.31 Å². The van der Waals surface area contributed by atoms with Crippen molar-refractivity contribution in [2.45, 2.75) is 44.6 Å². The lowest BCUT2D eigenvalue weighted by Crippen LogP contribution is -2.41. The minimum absolute atomic E-state index is 0.0637. The van der Waals surface area contributed by atoms with Gasteiger partial charge in [-0.3, -0.25) is 4.79 Å². The molecule has 3 rings (SSSR count). The van der Waals surface area contributed by atoms with Crippen molar-refractivity contribution >= 4 is 35.3 Å². The average molecular weight is 369 g/mol. The van der Waals surface area contributed by atoms with Crippen LogP contribution in [0, 0.1) is 0 Å². The molecule has 4 nitrogen and oxygen atoms in total. The number of hydrogen-bond acceptors (Lipinski definition) is 4. The summed E-state index contributed by atoms with van der Waals surface area (Å²) >= 11 is 1.25. The number of nitrogens with one attached hydrogen (secondary N) is 1. The molecule has 2 aromatic carbocycles. The molecule has 1 saturated heterocycles. The SMILES string of the molecule is CC1(C)OB(c2ccc(CSC(=O)Nc3ccccc3)cc2)OC1(C)C. The zero-order valence-electron chi connectivity index (χ0n) is 15.6. The molecule has 0 spiro atoms. The molecule has 0 radical (unpaired) electrons. The number of amides is 1. The fourth-order valence-electron chi connectivity index (χ4n) is 2.57. The minimum Gasteiger partial charge on any atom is -0.399 e. The van der Waals surface area contributed by atoms with Gasteiger partial charge in [0, 0.05) is 11.4 Å². The van der Waals surface area contributed by atoms with Crippen molar-refractivity contribution in [1.82, 2.24) is 0 Å². The Hall–Kier alpha value is -1.76. The van der Waals surface area contributed by atoms with Crippen LogP contribution in [-0.2, 0) is 15.1 Å². The molecular weight excluding hydrogens is 345 g/mol. The molecule has 1 N–H and O–H groups in total. The lowest BCUT2D eigenvalue weighted by molar-refractivity contribution is 0.00578. The van der Waals surface area contributed by atoms with Crippen LogP contribution < -0.4 is 10.8 Å². The molecule has 0 bridgehead atoms. The summed E-state index contributed by atoms with van der Waals surface area (Å²) in [6.45, 7) is 8.18. The van der Waals surface area contributed by atoms with Crippen LogP contribution in [-0.4, -0.2) is 23.6 Å². The first-order valence-corrected chi connectivity index (χ1v) is 9.69. The van der Waals surface area contributed by atoms with E-state index in [0.29, 0.717) is 5.75 Å². The number of carbonyl (C=O) groups excluding carboxylic acids is 1. The van der Waals surface area contributed by atoms with E-state index in [1.165, 1.54) is 11.8 Å². The van der Waals surface area contributed by atoms with E-state index in [2.05, 4.69) is 5.32 Å². The maximum Gasteiger partial charge on any atom is 0.494 e. The van der Waals surface area contributed by atoms with Crippen molar-refractivity contribution in [3.8, 4) is 0 Å². The summed E-state index contributed by atoms with van der Waals surface area (Å²) in [5, 5.41) is 2.81. The van der Waals surface area contributed by atoms with E-state index in [1.54, 1.807) is 0 Å². The molecular formula is C20H24BNO3S. The lowest BCUT2D eigenvalue weighted by atomic mass is 9.79. The van der Waals surface area contributed by atoms with Gasteiger partial charge in [0.1, 0.15) is 0 Å². The summed E-state index contributed by atoms with van der Waals surface area (Å²) in [7, 11) is -0.358. The molecule has 0 saturated carbocycles. The van der Waals surface area contributed by atoms with Gasteiger partial charge in [0.05, 0.1) is 11.2 Å². The predicted molar refractivity (Wildman–Crippen MR) is 109 cm³/mol. The van der Waals surface area contributed by atoms with Crippen molar-refractivity contribution in [2.24, 2.45) is 0 Å². The number of hydrogen-bond donors (Lipinski definition) is 1. The molecule has 1 heterocycles. The molecule has 0 aliphatic carbocycles. The number of benzene rings is 2. The van der Waals surface area contributed by atoms with Crippen LogP contribution >= 0.6 is 11.8 Å². The molecule has 1 aliphatic rings. The fourth-order valence-corrected chi connectivity index (χ4v) is 3.25. The minimum atomic E-state index is -0.358. The first-order chi connectivity index (χ1) is 12.3. The summed E-state index contributed by atoms with van der Waals surface area (Å²) < 4.78 is 12.1. The third-order valence-corrected chi connectivity index (χ3v) is 5.74. The van der Waals surface area contributed by atoms with E-state index in [1.807, 2.05) is 82.3 Å². The fraction of sp³-hybridized carbons (Fsp3) is 0.350. The van der Waals surface area contributed by atoms with Crippen molar-refractivity contribution in [2.75, 3.05) is 5.32 Å². The first-order valence-electron chi connectivity index (χ1n) is 8.70. The Morgan fingerprint density at radius 3 is 2.12 bits per heavy atom. The Balaban J connectivity index is 1.54. The summed E-state index contributed by atoms with van der Waals surface area (Å²) in [4.78, 5) is 12.0. The number of para-hydroxylation sites is 1. The highest BCUT2D eigenvalue weighted by molar-refractivity contribution is 8.13. The zero-order chi connectivity index (χ0) is 18.8. The van der Waals surface area contributed by atoms with E-state index < -0.39 is 0 Å². The van der Waals surface area contributed by atoms with Gasteiger partial charge in [0.15, 0.2) is 0 Å². The van der Waals surface area contributed by atoms with Crippen LogP contribution in [0.2, 0.25) is 0 Å². The van der Waals surface area contributed by atoms with Gasteiger partial charge in [-0.25, -0.2) is 0 Å². The average Bonchev–Trinajstić information content (AvgIpc) is 2.82. The van der Waals surface area contributed by atoms with Crippen LogP contribution in [0.5, 0.6) is 0 Å². The van der Waals surface area contributed by atoms with E-state index in [-0.39, 0.29) is 23.6 Å². The number of thioether (sulfide) groups is 1. The molecule has 0 unspecified atom stereocenters. The van der Waals surface area contributed by atoms with Gasteiger partial charge >= 0.3 is 7.12 Å². The standard InChI is InChI=1S/C20H24BNO3S/c1-19(2)20(3,4)25-21(24-19)16-12-10-15(11-13-16)14-26-18(23)22-17-8-6-5-7-9-17/h5-13H,14H2,1-4H3,(H,22,23).